The smallest absolute Gasteiger partial charge is 0.338 e. The molecule has 0 N–H and O–H groups in total. The van der Waals surface area contributed by atoms with Crippen molar-refractivity contribution in [2.24, 2.45) is 0 Å². The number of halogens is 2. The van der Waals surface area contributed by atoms with Gasteiger partial charge in [0.15, 0.2) is 0 Å². The molecule has 2 rings (SSSR count). The maximum atomic E-state index is 11.8. The minimum atomic E-state index is -0.423. The summed E-state index contributed by atoms with van der Waals surface area (Å²) in [4.78, 5) is 23.6. The number of hydrogen-bond donors (Lipinski definition) is 0. The van der Waals surface area contributed by atoms with Gasteiger partial charge in [-0.15, -0.1) is 0 Å². The highest BCUT2D eigenvalue weighted by atomic mass is 35.5. The molecular formula is C18H16Cl2O4. The van der Waals surface area contributed by atoms with E-state index in [9.17, 15) is 9.59 Å². The van der Waals surface area contributed by atoms with E-state index in [4.69, 9.17) is 32.7 Å². The van der Waals surface area contributed by atoms with Crippen LogP contribution in [0.25, 0.3) is 0 Å². The molecule has 0 aliphatic carbocycles. The van der Waals surface area contributed by atoms with Gasteiger partial charge in [0.2, 0.25) is 0 Å². The summed E-state index contributed by atoms with van der Waals surface area (Å²) in [6.07, 6.45) is 1.18. The molecule has 0 heterocycles. The molecule has 4 nitrogen and oxygen atoms in total. The maximum absolute atomic E-state index is 11.8. The number of esters is 2. The molecule has 2 aromatic carbocycles. The van der Waals surface area contributed by atoms with Gasteiger partial charge in [-0.25, -0.2) is 9.59 Å². The highest BCUT2D eigenvalue weighted by Crippen LogP contribution is 2.13. The second-order valence-electron chi connectivity index (χ2n) is 5.00. The second kappa shape index (κ2) is 9.30. The Bertz CT molecular complexity index is 654. The van der Waals surface area contributed by atoms with E-state index in [0.717, 1.165) is 0 Å². The van der Waals surface area contributed by atoms with Crippen molar-refractivity contribution in [3.8, 4) is 0 Å². The summed E-state index contributed by atoms with van der Waals surface area (Å²) in [5, 5.41) is 0.967. The molecule has 0 saturated heterocycles. The number of rotatable bonds is 7. The zero-order chi connectivity index (χ0) is 17.4. The van der Waals surface area contributed by atoms with Crippen LogP contribution in [0.3, 0.4) is 0 Å². The Hall–Kier alpha value is -2.04. The van der Waals surface area contributed by atoms with Crippen molar-refractivity contribution >= 4 is 35.1 Å². The van der Waals surface area contributed by atoms with E-state index in [0.29, 0.717) is 34.0 Å². The molecule has 126 valence electrons. The summed E-state index contributed by atoms with van der Waals surface area (Å²) in [5.74, 6) is -0.846. The Kier molecular flexibility index (Phi) is 7.09. The predicted molar refractivity (Wildman–Crippen MR) is 92.7 cm³/mol. The molecule has 6 heteroatoms. The van der Waals surface area contributed by atoms with Crippen molar-refractivity contribution in [3.63, 3.8) is 0 Å². The zero-order valence-electron chi connectivity index (χ0n) is 12.8. The standard InChI is InChI=1S/C18H16Cl2O4/c19-15-7-3-5-13(11-15)17(21)23-9-1-2-10-24-18(22)14-6-4-8-16(20)12-14/h3-8,11-12H,1-2,9-10H2. The second-order valence-corrected chi connectivity index (χ2v) is 5.87. The summed E-state index contributed by atoms with van der Waals surface area (Å²) < 4.78 is 10.3. The Morgan fingerprint density at radius 1 is 0.750 bits per heavy atom. The summed E-state index contributed by atoms with van der Waals surface area (Å²) in [7, 11) is 0. The third-order valence-electron chi connectivity index (χ3n) is 3.13. The fourth-order valence-electron chi connectivity index (χ4n) is 1.93. The van der Waals surface area contributed by atoms with Crippen LogP contribution in [-0.2, 0) is 9.47 Å². The molecule has 0 spiro atoms. The van der Waals surface area contributed by atoms with Gasteiger partial charge in [0.1, 0.15) is 0 Å². The highest BCUT2D eigenvalue weighted by molar-refractivity contribution is 6.31. The average Bonchev–Trinajstić information content (AvgIpc) is 2.57. The number of ether oxygens (including phenoxy) is 2. The molecule has 0 saturated carbocycles. The quantitative estimate of drug-likeness (QED) is 0.522. The van der Waals surface area contributed by atoms with E-state index in [1.165, 1.54) is 0 Å². The van der Waals surface area contributed by atoms with Crippen LogP contribution in [-0.4, -0.2) is 25.2 Å². The largest absolute Gasteiger partial charge is 0.462 e. The van der Waals surface area contributed by atoms with Crippen molar-refractivity contribution in [2.45, 2.75) is 12.8 Å². The number of hydrogen-bond acceptors (Lipinski definition) is 4. The van der Waals surface area contributed by atoms with Gasteiger partial charge in [-0.05, 0) is 49.2 Å². The Morgan fingerprint density at radius 3 is 1.54 bits per heavy atom. The summed E-state index contributed by atoms with van der Waals surface area (Å²) in [6.45, 7) is 0.500. The van der Waals surface area contributed by atoms with Crippen molar-refractivity contribution < 1.29 is 19.1 Å². The first-order valence-electron chi connectivity index (χ1n) is 7.41. The van der Waals surface area contributed by atoms with E-state index in [-0.39, 0.29) is 13.2 Å². The fourth-order valence-corrected chi connectivity index (χ4v) is 2.31. The topological polar surface area (TPSA) is 52.6 Å². The van der Waals surface area contributed by atoms with Crippen LogP contribution >= 0.6 is 23.2 Å². The lowest BCUT2D eigenvalue weighted by Crippen LogP contribution is -2.09. The van der Waals surface area contributed by atoms with Crippen molar-refractivity contribution in [1.29, 1.82) is 0 Å². The summed E-state index contributed by atoms with van der Waals surface area (Å²) >= 11 is 11.6. The molecule has 0 radical (unpaired) electrons. The van der Waals surface area contributed by atoms with E-state index < -0.39 is 11.9 Å². The average molecular weight is 367 g/mol. The third-order valence-corrected chi connectivity index (χ3v) is 3.60. The first kappa shape index (κ1) is 18.3. The molecule has 0 aliphatic heterocycles. The van der Waals surface area contributed by atoms with E-state index in [1.54, 1.807) is 48.5 Å². The van der Waals surface area contributed by atoms with Gasteiger partial charge in [-0.1, -0.05) is 35.3 Å². The Labute approximate surface area is 150 Å². The third kappa shape index (κ3) is 5.87. The van der Waals surface area contributed by atoms with Crippen molar-refractivity contribution in [2.75, 3.05) is 13.2 Å². The molecule has 2 aromatic rings. The molecule has 0 aliphatic rings. The SMILES string of the molecule is O=C(OCCCCOC(=O)c1cccc(Cl)c1)c1cccc(Cl)c1. The fraction of sp³-hybridized carbons (Fsp3) is 0.222. The Balaban J connectivity index is 1.63. The van der Waals surface area contributed by atoms with Crippen LogP contribution in [0.1, 0.15) is 33.6 Å². The minimum absolute atomic E-state index is 0.250. The highest BCUT2D eigenvalue weighted by Gasteiger charge is 2.08. The lowest BCUT2D eigenvalue weighted by atomic mass is 10.2. The first-order chi connectivity index (χ1) is 11.6. The van der Waals surface area contributed by atoms with Crippen LogP contribution in [0.4, 0.5) is 0 Å². The monoisotopic (exact) mass is 366 g/mol. The molecule has 0 aromatic heterocycles. The van der Waals surface area contributed by atoms with E-state index >= 15 is 0 Å². The first-order valence-corrected chi connectivity index (χ1v) is 8.17. The molecule has 24 heavy (non-hydrogen) atoms. The van der Waals surface area contributed by atoms with Gasteiger partial charge < -0.3 is 9.47 Å². The van der Waals surface area contributed by atoms with Crippen LogP contribution in [0.5, 0.6) is 0 Å². The minimum Gasteiger partial charge on any atom is -0.462 e. The number of unbranched alkanes of at least 4 members (excludes halogenated alkanes) is 1. The molecular weight excluding hydrogens is 351 g/mol. The molecule has 0 atom stereocenters. The van der Waals surface area contributed by atoms with Crippen LogP contribution in [0, 0.1) is 0 Å². The van der Waals surface area contributed by atoms with Gasteiger partial charge in [-0.2, -0.15) is 0 Å². The maximum Gasteiger partial charge on any atom is 0.338 e. The van der Waals surface area contributed by atoms with Crippen molar-refractivity contribution in [1.82, 2.24) is 0 Å². The predicted octanol–water partition coefficient (Wildman–Crippen LogP) is 4.79. The van der Waals surface area contributed by atoms with Gasteiger partial charge in [0.05, 0.1) is 24.3 Å². The van der Waals surface area contributed by atoms with Gasteiger partial charge in [0.25, 0.3) is 0 Å². The lowest BCUT2D eigenvalue weighted by molar-refractivity contribution is 0.0432. The number of carbonyl (C=O) groups is 2. The molecule has 0 fully saturated rings. The molecule has 0 bridgehead atoms. The van der Waals surface area contributed by atoms with Crippen molar-refractivity contribution in [3.05, 3.63) is 69.7 Å². The van der Waals surface area contributed by atoms with Gasteiger partial charge >= 0.3 is 11.9 Å². The van der Waals surface area contributed by atoms with Gasteiger partial charge in [-0.3, -0.25) is 0 Å². The Morgan fingerprint density at radius 2 is 1.17 bits per heavy atom. The summed E-state index contributed by atoms with van der Waals surface area (Å²) in [6, 6.07) is 13.1. The number of carbonyl (C=O) groups excluding carboxylic acids is 2. The zero-order valence-corrected chi connectivity index (χ0v) is 14.3. The molecule has 0 unspecified atom stereocenters. The van der Waals surface area contributed by atoms with Crippen LogP contribution in [0.15, 0.2) is 48.5 Å². The lowest BCUT2D eigenvalue weighted by Gasteiger charge is -2.06. The van der Waals surface area contributed by atoms with Gasteiger partial charge in [0, 0.05) is 10.0 Å². The van der Waals surface area contributed by atoms with E-state index in [2.05, 4.69) is 0 Å². The van der Waals surface area contributed by atoms with E-state index in [1.807, 2.05) is 0 Å². The molecule has 0 amide bonds. The van der Waals surface area contributed by atoms with Crippen LogP contribution in [0.2, 0.25) is 10.0 Å². The number of benzene rings is 2. The summed E-state index contributed by atoms with van der Waals surface area (Å²) in [5.41, 5.74) is 0.824. The normalized spacial score (nSPS) is 10.2. The van der Waals surface area contributed by atoms with Crippen LogP contribution < -0.4 is 0 Å².